The normalized spacial score (nSPS) is 18.6. The van der Waals surface area contributed by atoms with E-state index in [1.807, 2.05) is 32.0 Å². The second kappa shape index (κ2) is 6.98. The molecule has 2 aromatic rings. The van der Waals surface area contributed by atoms with Gasteiger partial charge in [0.15, 0.2) is 0 Å². The van der Waals surface area contributed by atoms with Gasteiger partial charge in [-0.1, -0.05) is 36.2 Å². The zero-order chi connectivity index (χ0) is 19.9. The Kier molecular flexibility index (Phi) is 5.01. The molecule has 2 amide bonds. The lowest BCUT2D eigenvalue weighted by atomic mass is 10.1. The molecule has 0 radical (unpaired) electrons. The maximum atomic E-state index is 12.6. The van der Waals surface area contributed by atoms with E-state index in [0.717, 1.165) is 15.4 Å². The Labute approximate surface area is 163 Å². The van der Waals surface area contributed by atoms with E-state index in [1.54, 1.807) is 6.92 Å². The van der Waals surface area contributed by atoms with Crippen LogP contribution in [0.5, 0.6) is 0 Å². The fourth-order valence-corrected chi connectivity index (χ4v) is 5.12. The molecular formula is C19H19ClN2O4S. The van der Waals surface area contributed by atoms with E-state index < -0.39 is 27.8 Å². The number of aryl methyl sites for hydroxylation is 2. The van der Waals surface area contributed by atoms with E-state index in [-0.39, 0.29) is 22.0 Å². The number of nitrogens with one attached hydrogen (secondary N) is 1. The van der Waals surface area contributed by atoms with Gasteiger partial charge in [0.05, 0.1) is 27.9 Å². The van der Waals surface area contributed by atoms with E-state index in [0.29, 0.717) is 5.69 Å². The minimum Gasteiger partial charge on any atom is -0.322 e. The molecule has 1 fully saturated rings. The molecule has 6 nitrogen and oxygen atoms in total. The second-order valence-electron chi connectivity index (χ2n) is 6.72. The lowest BCUT2D eigenvalue weighted by molar-refractivity contribution is -0.119. The third kappa shape index (κ3) is 3.70. The van der Waals surface area contributed by atoms with E-state index >= 15 is 0 Å². The largest absolute Gasteiger partial charge is 0.322 e. The number of nitrogens with zero attached hydrogens (tertiary/aromatic N) is 1. The fourth-order valence-electron chi connectivity index (χ4n) is 3.04. The smallest absolute Gasteiger partial charge is 0.257 e. The van der Waals surface area contributed by atoms with Crippen LogP contribution in [-0.4, -0.2) is 26.0 Å². The summed E-state index contributed by atoms with van der Waals surface area (Å²) in [7, 11) is -3.72. The quantitative estimate of drug-likeness (QED) is 0.845. The maximum absolute atomic E-state index is 12.6. The Morgan fingerprint density at radius 3 is 2.44 bits per heavy atom. The van der Waals surface area contributed by atoms with Crippen LogP contribution in [0.15, 0.2) is 36.4 Å². The number of amides is 2. The molecule has 0 aromatic heterocycles. The molecule has 0 bridgehead atoms. The van der Waals surface area contributed by atoms with Crippen molar-refractivity contribution >= 4 is 44.8 Å². The first-order valence-corrected chi connectivity index (χ1v) is 10.3. The molecule has 1 saturated heterocycles. The molecule has 1 aliphatic rings. The van der Waals surface area contributed by atoms with Crippen LogP contribution in [0.3, 0.4) is 0 Å². The van der Waals surface area contributed by atoms with Gasteiger partial charge < -0.3 is 5.32 Å². The molecule has 3 rings (SSSR count). The van der Waals surface area contributed by atoms with Crippen molar-refractivity contribution in [2.45, 2.75) is 20.8 Å². The Hall–Kier alpha value is -2.38. The SMILES string of the molecule is Cc1ccc(NC(=O)c2ccc(N3C(=O)[C@H](C)CS3(=O)=O)cc2Cl)c(C)c1. The van der Waals surface area contributed by atoms with Crippen molar-refractivity contribution in [2.24, 2.45) is 5.92 Å². The molecule has 1 heterocycles. The summed E-state index contributed by atoms with van der Waals surface area (Å²) in [6, 6.07) is 9.80. The van der Waals surface area contributed by atoms with Gasteiger partial charge >= 0.3 is 0 Å². The predicted octanol–water partition coefficient (Wildman–Crippen LogP) is 3.52. The summed E-state index contributed by atoms with van der Waals surface area (Å²) in [4.78, 5) is 24.7. The van der Waals surface area contributed by atoms with Crippen molar-refractivity contribution in [3.05, 3.63) is 58.1 Å². The molecule has 27 heavy (non-hydrogen) atoms. The summed E-state index contributed by atoms with van der Waals surface area (Å²) in [5.74, 6) is -1.76. The number of carbonyl (C=O) groups excluding carboxylic acids is 2. The molecule has 0 spiro atoms. The molecule has 1 N–H and O–H groups in total. The number of hydrogen-bond acceptors (Lipinski definition) is 4. The highest BCUT2D eigenvalue weighted by Crippen LogP contribution is 2.31. The Morgan fingerprint density at radius 2 is 1.89 bits per heavy atom. The van der Waals surface area contributed by atoms with Gasteiger partial charge in [-0.2, -0.15) is 0 Å². The van der Waals surface area contributed by atoms with Gasteiger partial charge in [0.2, 0.25) is 15.9 Å². The average molecular weight is 407 g/mol. The topological polar surface area (TPSA) is 83.6 Å². The number of sulfonamides is 1. The number of carbonyl (C=O) groups is 2. The standard InChI is InChI=1S/C19H19ClN2O4S/c1-11-4-7-17(12(2)8-11)21-18(23)15-6-5-14(9-16(15)20)22-19(24)13(3)10-27(22,25)26/h4-9,13H,10H2,1-3H3,(H,21,23)/t13-/m1/s1. The zero-order valence-electron chi connectivity index (χ0n) is 15.1. The van der Waals surface area contributed by atoms with Crippen molar-refractivity contribution in [2.75, 3.05) is 15.4 Å². The molecule has 1 aliphatic heterocycles. The molecule has 0 aliphatic carbocycles. The maximum Gasteiger partial charge on any atom is 0.257 e. The first-order chi connectivity index (χ1) is 12.6. The van der Waals surface area contributed by atoms with Crippen molar-refractivity contribution < 1.29 is 18.0 Å². The molecule has 0 unspecified atom stereocenters. The second-order valence-corrected chi connectivity index (χ2v) is 8.99. The van der Waals surface area contributed by atoms with Crippen LogP contribution >= 0.6 is 11.6 Å². The van der Waals surface area contributed by atoms with E-state index in [1.165, 1.54) is 18.2 Å². The van der Waals surface area contributed by atoms with Crippen molar-refractivity contribution in [3.63, 3.8) is 0 Å². The molecule has 142 valence electrons. The van der Waals surface area contributed by atoms with Crippen molar-refractivity contribution in [3.8, 4) is 0 Å². The van der Waals surface area contributed by atoms with Gasteiger partial charge in [0, 0.05) is 5.69 Å². The third-order valence-electron chi connectivity index (χ3n) is 4.42. The van der Waals surface area contributed by atoms with Crippen LogP contribution in [0.1, 0.15) is 28.4 Å². The minimum atomic E-state index is -3.72. The van der Waals surface area contributed by atoms with Crippen LogP contribution in [0, 0.1) is 19.8 Å². The van der Waals surface area contributed by atoms with Crippen molar-refractivity contribution in [1.82, 2.24) is 0 Å². The highest BCUT2D eigenvalue weighted by Gasteiger charge is 2.42. The lowest BCUT2D eigenvalue weighted by Gasteiger charge is -2.17. The summed E-state index contributed by atoms with van der Waals surface area (Å²) in [6.07, 6.45) is 0. The van der Waals surface area contributed by atoms with Crippen LogP contribution in [0.2, 0.25) is 5.02 Å². The van der Waals surface area contributed by atoms with Crippen LogP contribution in [0.25, 0.3) is 0 Å². The van der Waals surface area contributed by atoms with Crippen LogP contribution < -0.4 is 9.62 Å². The number of rotatable bonds is 3. The van der Waals surface area contributed by atoms with Crippen LogP contribution in [0.4, 0.5) is 11.4 Å². The minimum absolute atomic E-state index is 0.0670. The lowest BCUT2D eigenvalue weighted by Crippen LogP contribution is -2.30. The predicted molar refractivity (Wildman–Crippen MR) is 106 cm³/mol. The Morgan fingerprint density at radius 1 is 1.19 bits per heavy atom. The van der Waals surface area contributed by atoms with E-state index in [9.17, 15) is 18.0 Å². The number of halogens is 1. The summed E-state index contributed by atoms with van der Waals surface area (Å²) in [5.41, 5.74) is 2.99. The van der Waals surface area contributed by atoms with Gasteiger partial charge in [-0.3, -0.25) is 9.59 Å². The fraction of sp³-hybridized carbons (Fsp3) is 0.263. The van der Waals surface area contributed by atoms with Crippen molar-refractivity contribution in [1.29, 1.82) is 0 Å². The Balaban J connectivity index is 1.89. The Bertz CT molecular complexity index is 1050. The first-order valence-electron chi connectivity index (χ1n) is 8.35. The summed E-state index contributed by atoms with van der Waals surface area (Å²) >= 11 is 6.22. The number of hydrogen-bond donors (Lipinski definition) is 1. The molecule has 8 heteroatoms. The molecule has 0 saturated carbocycles. The van der Waals surface area contributed by atoms with Gasteiger partial charge in [0.25, 0.3) is 5.91 Å². The molecule has 1 atom stereocenters. The van der Waals surface area contributed by atoms with E-state index in [2.05, 4.69) is 5.32 Å². The molecular weight excluding hydrogens is 388 g/mol. The zero-order valence-corrected chi connectivity index (χ0v) is 16.7. The van der Waals surface area contributed by atoms with E-state index in [4.69, 9.17) is 11.6 Å². The first kappa shape index (κ1) is 19.4. The van der Waals surface area contributed by atoms with Gasteiger partial charge in [-0.05, 0) is 43.7 Å². The summed E-state index contributed by atoms with van der Waals surface area (Å²) in [6.45, 7) is 5.41. The average Bonchev–Trinajstić information content (AvgIpc) is 2.77. The monoisotopic (exact) mass is 406 g/mol. The van der Waals surface area contributed by atoms with Crippen LogP contribution in [-0.2, 0) is 14.8 Å². The van der Waals surface area contributed by atoms with Gasteiger partial charge in [0.1, 0.15) is 0 Å². The third-order valence-corrected chi connectivity index (χ3v) is 6.60. The molecule has 2 aromatic carbocycles. The van der Waals surface area contributed by atoms with Gasteiger partial charge in [-0.25, -0.2) is 12.7 Å². The number of benzene rings is 2. The summed E-state index contributed by atoms with van der Waals surface area (Å²) < 4.78 is 25.2. The van der Waals surface area contributed by atoms with Gasteiger partial charge in [-0.15, -0.1) is 0 Å². The number of anilines is 2. The highest BCUT2D eigenvalue weighted by molar-refractivity contribution is 7.94. The summed E-state index contributed by atoms with van der Waals surface area (Å²) in [5, 5.41) is 2.86. The highest BCUT2D eigenvalue weighted by atomic mass is 35.5.